The van der Waals surface area contributed by atoms with Gasteiger partial charge in [-0.3, -0.25) is 4.79 Å². The van der Waals surface area contributed by atoms with Crippen molar-refractivity contribution in [3.63, 3.8) is 0 Å². The van der Waals surface area contributed by atoms with E-state index < -0.39 is 55.2 Å². The van der Waals surface area contributed by atoms with E-state index in [-0.39, 0.29) is 5.31 Å². The highest BCUT2D eigenvalue weighted by Gasteiger charge is 2.46. The number of carbonyl (C=O) groups is 2. The van der Waals surface area contributed by atoms with E-state index >= 15 is 0 Å². The van der Waals surface area contributed by atoms with Crippen LogP contribution in [0.4, 0.5) is 0 Å². The Labute approximate surface area is 119 Å². The van der Waals surface area contributed by atoms with Crippen LogP contribution < -0.4 is 5.31 Å². The number of aliphatic carboxylic acids is 1. The Hall–Kier alpha value is -1.26. The van der Waals surface area contributed by atoms with Crippen LogP contribution >= 0.6 is 0 Å². The quantitative estimate of drug-likeness (QED) is 0.372. The maximum absolute atomic E-state index is 11.4. The molecule has 1 fully saturated rings. The molecular weight excluding hydrogens is 274 g/mol. The predicted molar refractivity (Wildman–Crippen MR) is 63.5 cm³/mol. The Kier molecular flexibility index (Phi) is 4.34. The number of carbonyl (C=O) groups excluding carboxylic acids is 1. The number of hydrogen-bond acceptors (Lipinski definition) is 7. The van der Waals surface area contributed by atoms with Gasteiger partial charge in [-0.1, -0.05) is 0 Å². The molecule has 0 aromatic rings. The second kappa shape index (κ2) is 6.95. The molecule has 9 nitrogen and oxygen atoms in total. The molecule has 116 valence electrons. The zero-order valence-electron chi connectivity index (χ0n) is 13.9. The number of rotatable bonds is 5. The molecule has 6 atom stereocenters. The van der Waals surface area contributed by atoms with E-state index in [9.17, 15) is 19.8 Å². The Bertz CT molecular complexity index is 478. The highest BCUT2D eigenvalue weighted by molar-refractivity contribution is 5.73. The second-order valence-corrected chi connectivity index (χ2v) is 4.19. The smallest absolute Gasteiger partial charge is 0.332 e. The summed E-state index contributed by atoms with van der Waals surface area (Å²) in [7, 11) is 0. The van der Waals surface area contributed by atoms with Gasteiger partial charge >= 0.3 is 5.97 Å². The van der Waals surface area contributed by atoms with E-state index in [1.165, 1.54) is 0 Å². The Balaban J connectivity index is 3.37. The topological polar surface area (TPSA) is 146 Å². The summed E-state index contributed by atoms with van der Waals surface area (Å²) in [6.07, 6.45) is -10.3. The van der Waals surface area contributed by atoms with E-state index in [1.807, 2.05) is 0 Å². The van der Waals surface area contributed by atoms with Crippen LogP contribution in [0, 0.1) is 0 Å². The molecule has 1 rings (SSSR count). The third-order valence-corrected chi connectivity index (χ3v) is 2.60. The van der Waals surface area contributed by atoms with Crippen LogP contribution in [0.1, 0.15) is 16.6 Å². The van der Waals surface area contributed by atoms with Crippen LogP contribution in [0.3, 0.4) is 0 Å². The van der Waals surface area contributed by atoms with Crippen molar-refractivity contribution in [2.45, 2.75) is 50.5 Å². The Morgan fingerprint density at radius 1 is 1.55 bits per heavy atom. The number of aliphatic hydroxyl groups is 3. The van der Waals surface area contributed by atoms with Crippen molar-refractivity contribution in [3.05, 3.63) is 0 Å². The van der Waals surface area contributed by atoms with E-state index in [4.69, 9.17) is 19.1 Å². The third-order valence-electron chi connectivity index (χ3n) is 2.60. The molecule has 1 amide bonds. The second-order valence-electron chi connectivity index (χ2n) is 4.19. The summed E-state index contributed by atoms with van der Waals surface area (Å²) in [6.45, 7) is 1.04. The molecule has 0 bridgehead atoms. The van der Waals surface area contributed by atoms with Gasteiger partial charge in [0.1, 0.15) is 24.3 Å². The highest BCUT2D eigenvalue weighted by Crippen LogP contribution is 2.23. The summed E-state index contributed by atoms with van der Waals surface area (Å²) in [5.74, 6) is -2.56. The van der Waals surface area contributed by atoms with Gasteiger partial charge in [0.05, 0.1) is 9.35 Å². The van der Waals surface area contributed by atoms with Crippen molar-refractivity contribution in [1.29, 1.82) is 0 Å². The molecule has 1 saturated heterocycles. The summed E-state index contributed by atoms with van der Waals surface area (Å²) in [4.78, 5) is 22.3. The SMILES string of the molecule is [2H]N(C(C)=O)[C@]1([2H])[C@@H](O[C@H](C)C(=O)O)[C@H](O)[C@@H](CO)OC1([2H])O. The lowest BCUT2D eigenvalue weighted by Crippen LogP contribution is -2.65. The molecule has 5 N–H and O–H groups in total. The predicted octanol–water partition coefficient (Wildman–Crippen LogP) is -2.58. The molecule has 9 heteroatoms. The van der Waals surface area contributed by atoms with Gasteiger partial charge in [-0.15, -0.1) is 0 Å². The summed E-state index contributed by atoms with van der Waals surface area (Å²) in [6, 6.07) is -3.01. The summed E-state index contributed by atoms with van der Waals surface area (Å²) < 4.78 is 33.1. The van der Waals surface area contributed by atoms with E-state index in [1.54, 1.807) is 0 Å². The number of aliphatic hydroxyl groups excluding tert-OH is 2. The molecular formula is C11H19NO8. The van der Waals surface area contributed by atoms with Gasteiger partial charge in [0.2, 0.25) is 5.91 Å². The number of amides is 1. The molecule has 1 heterocycles. The van der Waals surface area contributed by atoms with Crippen molar-refractivity contribution in [2.24, 2.45) is 0 Å². The van der Waals surface area contributed by atoms with Crippen molar-refractivity contribution >= 4 is 11.9 Å². The maximum Gasteiger partial charge on any atom is 0.332 e. The third kappa shape index (κ3) is 3.87. The summed E-state index contributed by atoms with van der Waals surface area (Å²) in [5, 5.41) is 38.0. The van der Waals surface area contributed by atoms with Crippen LogP contribution in [0.5, 0.6) is 0 Å². The molecule has 0 aromatic carbocycles. The van der Waals surface area contributed by atoms with E-state index in [0.29, 0.717) is 0 Å². The number of carboxylic acid groups (broad SMARTS) is 1. The lowest BCUT2D eigenvalue weighted by molar-refractivity contribution is -0.267. The van der Waals surface area contributed by atoms with Crippen LogP contribution in [0.15, 0.2) is 0 Å². The minimum absolute atomic E-state index is 0.143. The van der Waals surface area contributed by atoms with Gasteiger partial charge in [-0.25, -0.2) is 4.79 Å². The van der Waals surface area contributed by atoms with Gasteiger partial charge in [0, 0.05) is 6.92 Å². The first-order chi connectivity index (χ1) is 10.4. The van der Waals surface area contributed by atoms with Crippen LogP contribution in [-0.2, 0) is 19.1 Å². The molecule has 1 unspecified atom stereocenters. The van der Waals surface area contributed by atoms with Crippen LogP contribution in [0.2, 0.25) is 1.41 Å². The Morgan fingerprint density at radius 3 is 2.60 bits per heavy atom. The van der Waals surface area contributed by atoms with Crippen molar-refractivity contribution in [2.75, 3.05) is 6.61 Å². The maximum atomic E-state index is 11.4. The van der Waals surface area contributed by atoms with Gasteiger partial charge in [-0.2, -0.15) is 0 Å². The minimum atomic E-state index is -3.27. The van der Waals surface area contributed by atoms with Crippen LogP contribution in [-0.4, -0.2) is 75.6 Å². The first-order valence-electron chi connectivity index (χ1n) is 7.22. The molecule has 0 spiro atoms. The zero-order chi connectivity index (χ0) is 18.2. The fraction of sp³-hybridized carbons (Fsp3) is 0.818. The van der Waals surface area contributed by atoms with Crippen LogP contribution in [0.25, 0.3) is 0 Å². The first kappa shape index (κ1) is 12.5. The normalized spacial score (nSPS) is 44.9. The molecule has 1 aliphatic heterocycles. The van der Waals surface area contributed by atoms with Crippen molar-refractivity contribution in [1.82, 2.24) is 5.31 Å². The summed E-state index contributed by atoms with van der Waals surface area (Å²) in [5.41, 5.74) is 0. The van der Waals surface area contributed by atoms with E-state index in [0.717, 1.165) is 13.8 Å². The fourth-order valence-electron chi connectivity index (χ4n) is 1.60. The monoisotopic (exact) mass is 296 g/mol. The number of carboxylic acids is 1. The first-order valence-corrected chi connectivity index (χ1v) is 5.77. The van der Waals surface area contributed by atoms with Gasteiger partial charge in [0.15, 0.2) is 13.8 Å². The molecule has 0 radical (unpaired) electrons. The number of ether oxygens (including phenoxy) is 2. The average Bonchev–Trinajstić information content (AvgIpc) is 2.46. The molecule has 20 heavy (non-hydrogen) atoms. The molecule has 1 aliphatic rings. The lowest BCUT2D eigenvalue weighted by Gasteiger charge is -2.42. The van der Waals surface area contributed by atoms with Gasteiger partial charge in [-0.05, 0) is 6.92 Å². The molecule has 0 aromatic heterocycles. The van der Waals surface area contributed by atoms with Crippen molar-refractivity contribution < 1.29 is 43.6 Å². The largest absolute Gasteiger partial charge is 0.479 e. The Morgan fingerprint density at radius 2 is 2.15 bits per heavy atom. The lowest BCUT2D eigenvalue weighted by atomic mass is 9.96. The summed E-state index contributed by atoms with van der Waals surface area (Å²) >= 11 is 0. The minimum Gasteiger partial charge on any atom is -0.479 e. The van der Waals surface area contributed by atoms with E-state index in [2.05, 4.69) is 4.74 Å². The van der Waals surface area contributed by atoms with Gasteiger partial charge < -0.3 is 35.2 Å². The number of hydrogen-bond donors (Lipinski definition) is 5. The molecule has 0 saturated carbocycles. The van der Waals surface area contributed by atoms with Gasteiger partial charge in [0.25, 0.3) is 0 Å². The fourth-order valence-corrected chi connectivity index (χ4v) is 1.60. The highest BCUT2D eigenvalue weighted by atomic mass is 16.6. The molecule has 0 aliphatic carbocycles. The zero-order valence-corrected chi connectivity index (χ0v) is 10.9. The number of nitrogens with one attached hydrogen (secondary N) is 1. The van der Waals surface area contributed by atoms with Crippen molar-refractivity contribution in [3.8, 4) is 0 Å². The average molecular weight is 296 g/mol. The standard InChI is InChI=1S/C11H19NO8/c1-4(10(16)17)19-9-7(12-5(2)14)11(18)20-6(3-13)8(9)15/h4,6-9,11,13,15,18H,3H2,1-2H3,(H,12,14)(H,16,17)/t4-,6-,7-,8-,9-,11?/m1/s1/i7D,11D/hD.